The van der Waals surface area contributed by atoms with Gasteiger partial charge in [-0.2, -0.15) is 4.98 Å². The van der Waals surface area contributed by atoms with Gasteiger partial charge in [0.2, 0.25) is 5.95 Å². The topological polar surface area (TPSA) is 74.5 Å². The fourth-order valence-electron chi connectivity index (χ4n) is 1.51. The Balaban J connectivity index is 1.84. The molecule has 0 aromatic carbocycles. The zero-order chi connectivity index (χ0) is 13.0. The molecule has 2 rings (SSSR count). The number of hydrogen-bond donors (Lipinski definition) is 3. The van der Waals surface area contributed by atoms with Gasteiger partial charge in [-0.3, -0.25) is 0 Å². The van der Waals surface area contributed by atoms with Crippen LogP contribution in [0.25, 0.3) is 5.65 Å². The van der Waals surface area contributed by atoms with Crippen molar-refractivity contribution in [3.63, 3.8) is 0 Å². The maximum atomic E-state index is 9.07. The number of nitrogens with one attached hydrogen (secondary N) is 2. The number of aliphatic hydroxyl groups excluding tert-OH is 1. The molecule has 2 heterocycles. The number of halogens is 1. The first-order valence-corrected chi connectivity index (χ1v) is 6.59. The van der Waals surface area contributed by atoms with E-state index in [0.29, 0.717) is 19.0 Å². The van der Waals surface area contributed by atoms with E-state index >= 15 is 0 Å². The largest absolute Gasteiger partial charge is 0.392 e. The fraction of sp³-hybridized carbons (Fsp3) is 0.455. The summed E-state index contributed by atoms with van der Waals surface area (Å²) >= 11 is 3.39. The number of aromatic nitrogens is 3. The van der Waals surface area contributed by atoms with Crippen LogP contribution in [0.1, 0.15) is 6.92 Å². The van der Waals surface area contributed by atoms with Gasteiger partial charge in [-0.15, -0.1) is 5.10 Å². The molecule has 0 spiro atoms. The maximum Gasteiger partial charge on any atom is 0.243 e. The van der Waals surface area contributed by atoms with Crippen molar-refractivity contribution in [3.8, 4) is 0 Å². The number of pyridine rings is 1. The minimum Gasteiger partial charge on any atom is -0.392 e. The van der Waals surface area contributed by atoms with Crippen molar-refractivity contribution in [2.75, 3.05) is 25.0 Å². The molecule has 3 N–H and O–H groups in total. The first kappa shape index (κ1) is 13.3. The average molecular weight is 314 g/mol. The fourth-order valence-corrected chi connectivity index (χ4v) is 1.83. The Morgan fingerprint density at radius 1 is 1.44 bits per heavy atom. The third-order valence-electron chi connectivity index (χ3n) is 2.32. The summed E-state index contributed by atoms with van der Waals surface area (Å²) in [5.41, 5.74) is 0.803. The van der Waals surface area contributed by atoms with E-state index in [1.54, 1.807) is 11.4 Å². The molecule has 98 valence electrons. The number of fused-ring (bicyclic) bond motifs is 1. The predicted molar refractivity (Wildman–Crippen MR) is 73.7 cm³/mol. The van der Waals surface area contributed by atoms with Crippen LogP contribution in [-0.2, 0) is 0 Å². The van der Waals surface area contributed by atoms with Gasteiger partial charge in [-0.1, -0.05) is 0 Å². The smallest absolute Gasteiger partial charge is 0.243 e. The lowest BCUT2D eigenvalue weighted by molar-refractivity contribution is 0.192. The van der Waals surface area contributed by atoms with Crippen LogP contribution >= 0.6 is 15.9 Å². The van der Waals surface area contributed by atoms with Crippen LogP contribution in [0.4, 0.5) is 5.95 Å². The van der Waals surface area contributed by atoms with E-state index in [9.17, 15) is 0 Å². The molecule has 0 saturated carbocycles. The third kappa shape index (κ3) is 3.66. The highest BCUT2D eigenvalue weighted by atomic mass is 79.9. The van der Waals surface area contributed by atoms with E-state index in [1.807, 2.05) is 18.3 Å². The summed E-state index contributed by atoms with van der Waals surface area (Å²) in [7, 11) is 0. The normalized spacial score (nSPS) is 12.8. The minimum atomic E-state index is -0.323. The van der Waals surface area contributed by atoms with Gasteiger partial charge in [0.1, 0.15) is 0 Å². The zero-order valence-electron chi connectivity index (χ0n) is 10.1. The van der Waals surface area contributed by atoms with E-state index in [0.717, 1.165) is 16.7 Å². The van der Waals surface area contributed by atoms with E-state index in [4.69, 9.17) is 5.11 Å². The Labute approximate surface area is 114 Å². The van der Waals surface area contributed by atoms with Crippen molar-refractivity contribution >= 4 is 27.5 Å². The molecular formula is C11H16BrN5O. The van der Waals surface area contributed by atoms with Crippen molar-refractivity contribution in [1.82, 2.24) is 19.9 Å². The Morgan fingerprint density at radius 3 is 3.06 bits per heavy atom. The number of rotatable bonds is 6. The van der Waals surface area contributed by atoms with Gasteiger partial charge in [0.25, 0.3) is 0 Å². The highest BCUT2D eigenvalue weighted by Crippen LogP contribution is 2.11. The molecule has 0 saturated heterocycles. The Morgan fingerprint density at radius 2 is 2.28 bits per heavy atom. The Kier molecular flexibility index (Phi) is 4.51. The highest BCUT2D eigenvalue weighted by molar-refractivity contribution is 9.10. The summed E-state index contributed by atoms with van der Waals surface area (Å²) in [5, 5.41) is 19.6. The van der Waals surface area contributed by atoms with Crippen molar-refractivity contribution in [2.45, 2.75) is 13.0 Å². The summed E-state index contributed by atoms with van der Waals surface area (Å²) in [6.45, 7) is 3.81. The van der Waals surface area contributed by atoms with Crippen LogP contribution in [0.3, 0.4) is 0 Å². The number of anilines is 1. The van der Waals surface area contributed by atoms with Crippen LogP contribution < -0.4 is 10.6 Å². The van der Waals surface area contributed by atoms with Crippen LogP contribution in [0.2, 0.25) is 0 Å². The monoisotopic (exact) mass is 313 g/mol. The van der Waals surface area contributed by atoms with Crippen LogP contribution in [0.15, 0.2) is 22.8 Å². The number of hydrogen-bond acceptors (Lipinski definition) is 5. The SMILES string of the molecule is CC(O)CNCCNc1nc2ccc(Br)cn2n1. The molecule has 0 bridgehead atoms. The third-order valence-corrected chi connectivity index (χ3v) is 2.79. The average Bonchev–Trinajstić information content (AvgIpc) is 2.70. The zero-order valence-corrected chi connectivity index (χ0v) is 11.7. The van der Waals surface area contributed by atoms with Gasteiger partial charge >= 0.3 is 0 Å². The van der Waals surface area contributed by atoms with Crippen molar-refractivity contribution in [1.29, 1.82) is 0 Å². The summed E-state index contributed by atoms with van der Waals surface area (Å²) in [6.07, 6.45) is 1.54. The molecule has 7 heteroatoms. The van der Waals surface area contributed by atoms with Gasteiger partial charge < -0.3 is 15.7 Å². The Bertz CT molecular complexity index is 513. The molecule has 0 aliphatic carbocycles. The van der Waals surface area contributed by atoms with E-state index in [2.05, 4.69) is 36.6 Å². The van der Waals surface area contributed by atoms with Crippen molar-refractivity contribution in [3.05, 3.63) is 22.8 Å². The molecule has 18 heavy (non-hydrogen) atoms. The second-order valence-corrected chi connectivity index (χ2v) is 4.98. The molecule has 2 aromatic rings. The molecule has 0 amide bonds. The minimum absolute atomic E-state index is 0.323. The predicted octanol–water partition coefficient (Wildman–Crippen LogP) is 0.874. The second kappa shape index (κ2) is 6.12. The number of nitrogens with zero attached hydrogens (tertiary/aromatic N) is 3. The van der Waals surface area contributed by atoms with Gasteiger partial charge in [-0.25, -0.2) is 4.52 Å². The van der Waals surface area contributed by atoms with E-state index in [-0.39, 0.29) is 6.10 Å². The highest BCUT2D eigenvalue weighted by Gasteiger charge is 2.02. The summed E-state index contributed by atoms with van der Waals surface area (Å²) in [6, 6.07) is 3.83. The van der Waals surface area contributed by atoms with Crippen LogP contribution in [-0.4, -0.2) is 45.4 Å². The molecule has 2 aromatic heterocycles. The van der Waals surface area contributed by atoms with Crippen LogP contribution in [0.5, 0.6) is 0 Å². The molecule has 6 nitrogen and oxygen atoms in total. The molecule has 1 atom stereocenters. The van der Waals surface area contributed by atoms with Crippen LogP contribution in [0, 0.1) is 0 Å². The van der Waals surface area contributed by atoms with Gasteiger partial charge in [0.15, 0.2) is 5.65 Å². The molecule has 0 aliphatic rings. The molecular weight excluding hydrogens is 298 g/mol. The van der Waals surface area contributed by atoms with Gasteiger partial charge in [0, 0.05) is 30.3 Å². The van der Waals surface area contributed by atoms with Gasteiger partial charge in [-0.05, 0) is 35.0 Å². The van der Waals surface area contributed by atoms with Gasteiger partial charge in [0.05, 0.1) is 6.10 Å². The quantitative estimate of drug-likeness (QED) is 0.690. The lowest BCUT2D eigenvalue weighted by Crippen LogP contribution is -2.29. The first-order chi connectivity index (χ1) is 8.65. The maximum absolute atomic E-state index is 9.07. The molecule has 0 radical (unpaired) electrons. The lowest BCUT2D eigenvalue weighted by atomic mass is 10.4. The first-order valence-electron chi connectivity index (χ1n) is 5.80. The summed E-state index contributed by atoms with van der Waals surface area (Å²) in [4.78, 5) is 4.33. The number of aliphatic hydroxyl groups is 1. The van der Waals surface area contributed by atoms with E-state index < -0.39 is 0 Å². The van der Waals surface area contributed by atoms with E-state index in [1.165, 1.54) is 0 Å². The summed E-state index contributed by atoms with van der Waals surface area (Å²) in [5.74, 6) is 0.604. The Hall–Kier alpha value is -1.18. The summed E-state index contributed by atoms with van der Waals surface area (Å²) < 4.78 is 2.68. The molecule has 1 unspecified atom stereocenters. The van der Waals surface area contributed by atoms with Crippen molar-refractivity contribution in [2.24, 2.45) is 0 Å². The molecule has 0 fully saturated rings. The standard InChI is InChI=1S/C11H16BrN5O/c1-8(18)6-13-4-5-14-11-15-10-3-2-9(12)7-17(10)16-11/h2-3,7-8,13,18H,4-6H2,1H3,(H,14,16). The van der Waals surface area contributed by atoms with Crippen molar-refractivity contribution < 1.29 is 5.11 Å². The second-order valence-electron chi connectivity index (χ2n) is 4.07. The lowest BCUT2D eigenvalue weighted by Gasteiger charge is -2.06. The molecule has 0 aliphatic heterocycles.